The molecule has 8 heteroatoms. The van der Waals surface area contributed by atoms with Crippen LogP contribution in [0.1, 0.15) is 45.4 Å². The Hall–Kier alpha value is -1.80. The number of nitrogens with zero attached hydrogens (tertiary/aromatic N) is 2. The number of thioether (sulfide) groups is 1. The lowest BCUT2D eigenvalue weighted by Gasteiger charge is -2.36. The summed E-state index contributed by atoms with van der Waals surface area (Å²) in [6.45, 7) is 7.10. The van der Waals surface area contributed by atoms with Gasteiger partial charge >= 0.3 is 0 Å². The SMILES string of the molecule is CSCC[C@@H](NC(=O)C1CCC(C)CC1)C(=O)NCCCN1CCN(c2ccccc2F)CC1. The second-order valence-electron chi connectivity index (χ2n) is 9.72. The van der Waals surface area contributed by atoms with Gasteiger partial charge in [0.05, 0.1) is 5.69 Å². The molecule has 0 radical (unpaired) electrons. The van der Waals surface area contributed by atoms with Gasteiger partial charge in [-0.2, -0.15) is 11.8 Å². The maximum absolute atomic E-state index is 14.0. The van der Waals surface area contributed by atoms with Crippen LogP contribution in [0.4, 0.5) is 10.1 Å². The van der Waals surface area contributed by atoms with E-state index in [0.717, 1.165) is 70.6 Å². The number of benzene rings is 1. The van der Waals surface area contributed by atoms with Crippen LogP contribution in [-0.4, -0.2) is 74.0 Å². The molecule has 2 N–H and O–H groups in total. The number of amides is 2. The molecule has 3 rings (SSSR count). The van der Waals surface area contributed by atoms with Gasteiger partial charge in [0.15, 0.2) is 0 Å². The van der Waals surface area contributed by atoms with E-state index in [1.807, 2.05) is 18.4 Å². The van der Waals surface area contributed by atoms with Crippen LogP contribution in [0.25, 0.3) is 0 Å². The molecule has 1 aromatic carbocycles. The number of hydrogen-bond donors (Lipinski definition) is 2. The van der Waals surface area contributed by atoms with Gasteiger partial charge in [-0.15, -0.1) is 0 Å². The zero-order valence-corrected chi connectivity index (χ0v) is 21.5. The molecule has 1 aliphatic heterocycles. The highest BCUT2D eigenvalue weighted by atomic mass is 32.2. The fourth-order valence-corrected chi connectivity index (χ4v) is 5.35. The first kappa shape index (κ1) is 26.8. The third-order valence-electron chi connectivity index (χ3n) is 7.15. The minimum Gasteiger partial charge on any atom is -0.367 e. The average Bonchev–Trinajstić information content (AvgIpc) is 2.85. The van der Waals surface area contributed by atoms with Crippen molar-refractivity contribution in [2.75, 3.05) is 56.2 Å². The quantitative estimate of drug-likeness (QED) is 0.463. The fourth-order valence-electron chi connectivity index (χ4n) is 4.87. The molecule has 1 saturated carbocycles. The Morgan fingerprint density at radius 1 is 1.12 bits per heavy atom. The molecular weight excluding hydrogens is 451 g/mol. The van der Waals surface area contributed by atoms with Crippen molar-refractivity contribution in [3.63, 3.8) is 0 Å². The molecule has 1 saturated heterocycles. The molecule has 2 amide bonds. The molecule has 1 atom stereocenters. The van der Waals surface area contributed by atoms with E-state index in [9.17, 15) is 14.0 Å². The Labute approximate surface area is 208 Å². The molecule has 34 heavy (non-hydrogen) atoms. The van der Waals surface area contributed by atoms with Crippen molar-refractivity contribution in [2.45, 2.75) is 51.5 Å². The average molecular weight is 493 g/mol. The number of para-hydroxylation sites is 1. The summed E-state index contributed by atoms with van der Waals surface area (Å²) < 4.78 is 14.0. The zero-order valence-electron chi connectivity index (χ0n) is 20.7. The maximum atomic E-state index is 14.0. The first-order valence-electron chi connectivity index (χ1n) is 12.8. The van der Waals surface area contributed by atoms with E-state index in [4.69, 9.17) is 0 Å². The third-order valence-corrected chi connectivity index (χ3v) is 7.79. The van der Waals surface area contributed by atoms with Crippen molar-refractivity contribution in [3.05, 3.63) is 30.1 Å². The number of nitrogens with one attached hydrogen (secondary N) is 2. The van der Waals surface area contributed by atoms with E-state index in [2.05, 4.69) is 27.4 Å². The third kappa shape index (κ3) is 8.15. The summed E-state index contributed by atoms with van der Waals surface area (Å²) in [7, 11) is 0. The minimum absolute atomic E-state index is 0.0425. The number of rotatable bonds is 11. The summed E-state index contributed by atoms with van der Waals surface area (Å²) >= 11 is 1.69. The normalized spacial score (nSPS) is 22.3. The highest BCUT2D eigenvalue weighted by molar-refractivity contribution is 7.98. The molecule has 2 fully saturated rings. The van der Waals surface area contributed by atoms with Crippen LogP contribution in [0.3, 0.4) is 0 Å². The number of carbonyl (C=O) groups is 2. The van der Waals surface area contributed by atoms with Gasteiger partial charge in [-0.1, -0.05) is 19.1 Å². The lowest BCUT2D eigenvalue weighted by Crippen LogP contribution is -2.50. The molecule has 0 bridgehead atoms. The Morgan fingerprint density at radius 2 is 1.82 bits per heavy atom. The summed E-state index contributed by atoms with van der Waals surface area (Å²) in [5.74, 6) is 1.38. The van der Waals surface area contributed by atoms with Gasteiger partial charge in [0, 0.05) is 38.6 Å². The van der Waals surface area contributed by atoms with E-state index in [1.165, 1.54) is 6.07 Å². The van der Waals surface area contributed by atoms with Gasteiger partial charge in [0.2, 0.25) is 11.8 Å². The van der Waals surface area contributed by atoms with Crippen LogP contribution < -0.4 is 15.5 Å². The van der Waals surface area contributed by atoms with Crippen LogP contribution in [-0.2, 0) is 9.59 Å². The summed E-state index contributed by atoms with van der Waals surface area (Å²) in [5.41, 5.74) is 0.676. The Balaban J connectivity index is 1.36. The van der Waals surface area contributed by atoms with E-state index < -0.39 is 6.04 Å². The Bertz CT molecular complexity index is 780. The molecule has 6 nitrogen and oxygen atoms in total. The number of anilines is 1. The van der Waals surface area contributed by atoms with Gasteiger partial charge < -0.3 is 15.5 Å². The van der Waals surface area contributed by atoms with E-state index >= 15 is 0 Å². The van der Waals surface area contributed by atoms with Crippen LogP contribution in [0.5, 0.6) is 0 Å². The van der Waals surface area contributed by atoms with Crippen molar-refractivity contribution in [2.24, 2.45) is 11.8 Å². The smallest absolute Gasteiger partial charge is 0.242 e. The van der Waals surface area contributed by atoms with Gasteiger partial charge in [0.25, 0.3) is 0 Å². The summed E-state index contributed by atoms with van der Waals surface area (Å²) in [6.07, 6.45) is 7.56. The molecule has 0 unspecified atom stereocenters. The van der Waals surface area contributed by atoms with E-state index in [1.54, 1.807) is 17.8 Å². The van der Waals surface area contributed by atoms with Crippen LogP contribution in [0.2, 0.25) is 0 Å². The van der Waals surface area contributed by atoms with Crippen molar-refractivity contribution >= 4 is 29.3 Å². The maximum Gasteiger partial charge on any atom is 0.242 e. The van der Waals surface area contributed by atoms with Crippen LogP contribution >= 0.6 is 11.8 Å². The number of carbonyl (C=O) groups excluding carboxylic acids is 2. The molecule has 1 aliphatic carbocycles. The summed E-state index contributed by atoms with van der Waals surface area (Å²) in [5, 5.41) is 6.08. The monoisotopic (exact) mass is 492 g/mol. The summed E-state index contributed by atoms with van der Waals surface area (Å²) in [6, 6.07) is 6.48. The van der Waals surface area contributed by atoms with Crippen molar-refractivity contribution in [3.8, 4) is 0 Å². The highest BCUT2D eigenvalue weighted by Gasteiger charge is 2.28. The first-order chi connectivity index (χ1) is 16.5. The lowest BCUT2D eigenvalue weighted by atomic mass is 9.82. The molecule has 0 spiro atoms. The second-order valence-corrected chi connectivity index (χ2v) is 10.7. The fraction of sp³-hybridized carbons (Fsp3) is 0.692. The molecule has 0 aromatic heterocycles. The van der Waals surface area contributed by atoms with Gasteiger partial charge in [-0.05, 0) is 75.1 Å². The molecule has 190 valence electrons. The standard InChI is InChI=1S/C26H41FN4O2S/c1-20-8-10-21(11-9-20)25(32)29-23(12-19-34-2)26(33)28-13-5-14-30-15-17-31(18-16-30)24-7-4-3-6-22(24)27/h3-4,6-7,20-21,23H,5,8-19H2,1-2H3,(H,28,33)(H,29,32)/t20?,21?,23-/m1/s1. The Kier molecular flexibility index (Phi) is 11.0. The van der Waals surface area contributed by atoms with Gasteiger partial charge in [-0.25, -0.2) is 4.39 Å². The van der Waals surface area contributed by atoms with Crippen LogP contribution in [0.15, 0.2) is 24.3 Å². The molecule has 1 aromatic rings. The van der Waals surface area contributed by atoms with Crippen LogP contribution in [0, 0.1) is 17.7 Å². The van der Waals surface area contributed by atoms with Gasteiger partial charge in [0.1, 0.15) is 11.9 Å². The number of piperazine rings is 1. The topological polar surface area (TPSA) is 64.7 Å². The molecule has 2 aliphatic rings. The largest absolute Gasteiger partial charge is 0.367 e. The lowest BCUT2D eigenvalue weighted by molar-refractivity contribution is -0.132. The highest BCUT2D eigenvalue weighted by Crippen LogP contribution is 2.28. The number of hydrogen-bond acceptors (Lipinski definition) is 5. The van der Waals surface area contributed by atoms with Crippen molar-refractivity contribution < 1.29 is 14.0 Å². The molecular formula is C26H41FN4O2S. The summed E-state index contributed by atoms with van der Waals surface area (Å²) in [4.78, 5) is 30.0. The molecule has 1 heterocycles. The van der Waals surface area contributed by atoms with Crippen molar-refractivity contribution in [1.29, 1.82) is 0 Å². The van der Waals surface area contributed by atoms with Crippen molar-refractivity contribution in [1.82, 2.24) is 15.5 Å². The predicted octanol–water partition coefficient (Wildman–Crippen LogP) is 3.52. The minimum atomic E-state index is -0.455. The first-order valence-corrected chi connectivity index (χ1v) is 14.2. The predicted molar refractivity (Wildman–Crippen MR) is 139 cm³/mol. The number of halogens is 1. The Morgan fingerprint density at radius 3 is 2.50 bits per heavy atom. The van der Waals surface area contributed by atoms with E-state index in [-0.39, 0.29) is 23.5 Å². The zero-order chi connectivity index (χ0) is 24.3. The second kappa shape index (κ2) is 13.9. The van der Waals surface area contributed by atoms with E-state index in [0.29, 0.717) is 24.6 Å². The van der Waals surface area contributed by atoms with Gasteiger partial charge in [-0.3, -0.25) is 14.5 Å².